The third-order valence-corrected chi connectivity index (χ3v) is 2.88. The average Bonchev–Trinajstić information content (AvgIpc) is 2.36. The number of hydrogen-bond donors (Lipinski definition) is 1. The smallest absolute Gasteiger partial charge is 0.100 e. The molecule has 2 heterocycles. The van der Waals surface area contributed by atoms with E-state index in [0.717, 1.165) is 13.1 Å². The van der Waals surface area contributed by atoms with Crippen molar-refractivity contribution < 1.29 is 0 Å². The lowest BCUT2D eigenvalue weighted by molar-refractivity contribution is 0.519. The van der Waals surface area contributed by atoms with Gasteiger partial charge < -0.3 is 4.57 Å². The van der Waals surface area contributed by atoms with Crippen molar-refractivity contribution in [1.29, 1.82) is 0 Å². The monoisotopic (exact) mass is 248 g/mol. The van der Waals surface area contributed by atoms with E-state index in [1.54, 1.807) is 0 Å². The van der Waals surface area contributed by atoms with Gasteiger partial charge in [-0.3, -0.25) is 5.32 Å². The van der Waals surface area contributed by atoms with Crippen molar-refractivity contribution in [2.75, 3.05) is 6.54 Å². The number of halogens is 1. The first-order valence-electron chi connectivity index (χ1n) is 3.40. The Hall–Kier alpha value is -0.0300. The molecule has 2 nitrogen and oxygen atoms in total. The number of fused-ring (bicyclic) bond motifs is 1. The van der Waals surface area contributed by atoms with Crippen molar-refractivity contribution in [2.24, 2.45) is 0 Å². The molecule has 1 aromatic rings. The van der Waals surface area contributed by atoms with Gasteiger partial charge in [0.25, 0.3) is 0 Å². The maximum absolute atomic E-state index is 3.39. The van der Waals surface area contributed by atoms with Crippen LogP contribution in [0, 0.1) is 0 Å². The molecule has 0 aromatic carbocycles. The largest absolute Gasteiger partial charge is 0.348 e. The summed E-state index contributed by atoms with van der Waals surface area (Å²) >= 11 is 2.41. The molecule has 3 heteroatoms. The van der Waals surface area contributed by atoms with Gasteiger partial charge in [0.1, 0.15) is 4.05 Å². The molecule has 0 saturated heterocycles. The predicted octanol–water partition coefficient (Wildman–Crippen LogP) is 1.52. The molecule has 54 valence electrons. The van der Waals surface area contributed by atoms with Crippen LogP contribution in [0.15, 0.2) is 18.3 Å². The molecule has 0 saturated carbocycles. The van der Waals surface area contributed by atoms with Crippen LogP contribution in [-0.2, 0) is 6.54 Å². The van der Waals surface area contributed by atoms with E-state index in [1.807, 2.05) is 0 Å². The van der Waals surface area contributed by atoms with Crippen LogP contribution in [0.5, 0.6) is 0 Å². The van der Waals surface area contributed by atoms with Gasteiger partial charge in [0.05, 0.1) is 0 Å². The first kappa shape index (κ1) is 6.67. The summed E-state index contributed by atoms with van der Waals surface area (Å²) in [4.78, 5) is 0. The van der Waals surface area contributed by atoms with Gasteiger partial charge in [-0.25, -0.2) is 0 Å². The summed E-state index contributed by atoms with van der Waals surface area (Å²) in [6.45, 7) is 2.21. The summed E-state index contributed by atoms with van der Waals surface area (Å²) in [5.41, 5.74) is 1.40. The van der Waals surface area contributed by atoms with Gasteiger partial charge in [-0.2, -0.15) is 0 Å². The fraction of sp³-hybridized carbons (Fsp3) is 0.429. The number of alkyl halides is 1. The van der Waals surface area contributed by atoms with E-state index in [0.29, 0.717) is 4.05 Å². The molecular weight excluding hydrogens is 239 g/mol. The Labute approximate surface area is 73.8 Å². The molecule has 1 aliphatic heterocycles. The van der Waals surface area contributed by atoms with E-state index in [9.17, 15) is 0 Å². The van der Waals surface area contributed by atoms with Crippen LogP contribution >= 0.6 is 22.6 Å². The number of nitrogens with one attached hydrogen (secondary N) is 1. The maximum Gasteiger partial charge on any atom is 0.100 e. The van der Waals surface area contributed by atoms with Crippen LogP contribution in [0.3, 0.4) is 0 Å². The summed E-state index contributed by atoms with van der Waals surface area (Å²) in [6, 6.07) is 4.28. The third kappa shape index (κ3) is 0.971. The van der Waals surface area contributed by atoms with E-state index < -0.39 is 0 Å². The second-order valence-electron chi connectivity index (χ2n) is 2.44. The predicted molar refractivity (Wildman–Crippen MR) is 49.2 cm³/mol. The van der Waals surface area contributed by atoms with E-state index in [1.165, 1.54) is 5.69 Å². The van der Waals surface area contributed by atoms with E-state index in [2.05, 4.69) is 50.8 Å². The molecule has 0 aliphatic carbocycles. The highest BCUT2D eigenvalue weighted by atomic mass is 127. The Kier molecular flexibility index (Phi) is 1.69. The molecule has 1 aliphatic rings. The zero-order chi connectivity index (χ0) is 6.97. The topological polar surface area (TPSA) is 17.0 Å². The molecule has 0 bridgehead atoms. The van der Waals surface area contributed by atoms with Gasteiger partial charge in [-0.1, -0.05) is 22.6 Å². The number of nitrogens with zero attached hydrogens (tertiary/aromatic N) is 1. The second-order valence-corrected chi connectivity index (χ2v) is 3.69. The molecule has 1 atom stereocenters. The van der Waals surface area contributed by atoms with Crippen LogP contribution < -0.4 is 5.32 Å². The van der Waals surface area contributed by atoms with Crippen LogP contribution in [0.1, 0.15) is 9.74 Å². The van der Waals surface area contributed by atoms with E-state index in [4.69, 9.17) is 0 Å². The zero-order valence-electron chi connectivity index (χ0n) is 5.55. The van der Waals surface area contributed by atoms with Gasteiger partial charge in [0.2, 0.25) is 0 Å². The molecule has 2 rings (SSSR count). The minimum Gasteiger partial charge on any atom is -0.348 e. The summed E-state index contributed by atoms with van der Waals surface area (Å²) in [5.74, 6) is 0. The Balaban J connectivity index is 2.41. The van der Waals surface area contributed by atoms with Crippen LogP contribution in [0.4, 0.5) is 0 Å². The molecular formula is C7H9IN2. The van der Waals surface area contributed by atoms with Crippen molar-refractivity contribution in [3.63, 3.8) is 0 Å². The first-order valence-corrected chi connectivity index (χ1v) is 4.65. The lowest BCUT2D eigenvalue weighted by atomic mass is 10.3. The van der Waals surface area contributed by atoms with Crippen molar-refractivity contribution in [2.45, 2.75) is 10.6 Å². The van der Waals surface area contributed by atoms with Gasteiger partial charge in [0.15, 0.2) is 0 Å². The third-order valence-electron chi connectivity index (χ3n) is 1.80. The van der Waals surface area contributed by atoms with E-state index >= 15 is 0 Å². The standard InChI is InChI=1S/C7H9IN2/c8-7-6-2-1-4-10(6)5-3-9-7/h1-2,4,7,9H,3,5H2. The van der Waals surface area contributed by atoms with E-state index in [-0.39, 0.29) is 0 Å². The van der Waals surface area contributed by atoms with Crippen molar-refractivity contribution >= 4 is 22.6 Å². The summed E-state index contributed by atoms with van der Waals surface area (Å²) in [6.07, 6.45) is 2.14. The number of rotatable bonds is 0. The SMILES string of the molecule is IC1NCCn2cccc21. The molecule has 1 aromatic heterocycles. The number of hydrogen-bond acceptors (Lipinski definition) is 1. The maximum atomic E-state index is 3.39. The minimum absolute atomic E-state index is 0.501. The number of aromatic nitrogens is 1. The van der Waals surface area contributed by atoms with Crippen LogP contribution in [-0.4, -0.2) is 11.1 Å². The highest BCUT2D eigenvalue weighted by Gasteiger charge is 2.14. The lowest BCUT2D eigenvalue weighted by Gasteiger charge is -2.21. The van der Waals surface area contributed by atoms with Crippen molar-refractivity contribution in [1.82, 2.24) is 9.88 Å². The summed E-state index contributed by atoms with van der Waals surface area (Å²) in [7, 11) is 0. The van der Waals surface area contributed by atoms with Gasteiger partial charge in [-0.15, -0.1) is 0 Å². The van der Waals surface area contributed by atoms with Gasteiger partial charge in [-0.05, 0) is 12.1 Å². The van der Waals surface area contributed by atoms with Gasteiger partial charge in [0, 0.05) is 25.0 Å². The fourth-order valence-corrected chi connectivity index (χ4v) is 2.15. The Morgan fingerprint density at radius 2 is 2.60 bits per heavy atom. The second kappa shape index (κ2) is 2.54. The normalized spacial score (nSPS) is 24.3. The van der Waals surface area contributed by atoms with Crippen LogP contribution in [0.2, 0.25) is 0 Å². The first-order chi connectivity index (χ1) is 4.88. The molecule has 0 fully saturated rings. The molecule has 0 radical (unpaired) electrons. The van der Waals surface area contributed by atoms with Gasteiger partial charge >= 0.3 is 0 Å². The molecule has 1 unspecified atom stereocenters. The molecule has 0 spiro atoms. The Morgan fingerprint density at radius 3 is 3.40 bits per heavy atom. The zero-order valence-corrected chi connectivity index (χ0v) is 7.71. The van der Waals surface area contributed by atoms with Crippen molar-refractivity contribution in [3.05, 3.63) is 24.0 Å². The Bertz CT molecular complexity index is 231. The molecule has 0 amide bonds. The quantitative estimate of drug-likeness (QED) is 0.418. The Morgan fingerprint density at radius 1 is 1.70 bits per heavy atom. The van der Waals surface area contributed by atoms with Crippen LogP contribution in [0.25, 0.3) is 0 Å². The fourth-order valence-electron chi connectivity index (χ4n) is 1.28. The highest BCUT2D eigenvalue weighted by Crippen LogP contribution is 2.22. The molecule has 1 N–H and O–H groups in total. The minimum atomic E-state index is 0.501. The highest BCUT2D eigenvalue weighted by molar-refractivity contribution is 14.1. The lowest BCUT2D eigenvalue weighted by Crippen LogP contribution is -2.29. The summed E-state index contributed by atoms with van der Waals surface area (Å²) < 4.78 is 2.80. The average molecular weight is 248 g/mol. The summed E-state index contributed by atoms with van der Waals surface area (Å²) in [5, 5.41) is 3.39. The van der Waals surface area contributed by atoms with Crippen molar-refractivity contribution in [3.8, 4) is 0 Å². The molecule has 10 heavy (non-hydrogen) atoms.